The molecule has 0 aliphatic rings. The lowest BCUT2D eigenvalue weighted by molar-refractivity contribution is 0.171. The maximum atomic E-state index is 5.11. The number of methoxy groups -OCH3 is 1. The maximum Gasteiger partial charge on any atom is 0.0701 e. The number of hydrogen-bond donors (Lipinski definition) is 1. The van der Waals surface area contributed by atoms with E-state index in [1.54, 1.807) is 18.4 Å². The third-order valence-corrected chi connectivity index (χ3v) is 4.13. The molecule has 0 aromatic carbocycles. The number of thiophene rings is 1. The summed E-state index contributed by atoms with van der Waals surface area (Å²) in [5, 5.41) is 5.57. The number of rotatable bonds is 6. The predicted octanol–water partition coefficient (Wildman–Crippen LogP) is 3.44. The highest BCUT2D eigenvalue weighted by Crippen LogP contribution is 2.30. The van der Waals surface area contributed by atoms with Crippen molar-refractivity contribution in [3.8, 4) is 0 Å². The summed E-state index contributed by atoms with van der Waals surface area (Å²) in [7, 11) is 3.77. The van der Waals surface area contributed by atoms with Crippen molar-refractivity contribution in [2.24, 2.45) is 5.92 Å². The van der Waals surface area contributed by atoms with E-state index in [-0.39, 0.29) is 0 Å². The SMILES string of the molecule is CNC(c1csc(Br)c1)C(C)CCOC. The maximum absolute atomic E-state index is 5.11. The molecule has 2 unspecified atom stereocenters. The quantitative estimate of drug-likeness (QED) is 0.867. The zero-order valence-corrected chi connectivity index (χ0v) is 11.8. The van der Waals surface area contributed by atoms with Crippen molar-refractivity contribution in [1.29, 1.82) is 0 Å². The fourth-order valence-corrected chi connectivity index (χ4v) is 2.95. The second-order valence-corrected chi connectivity index (χ2v) is 6.00. The molecule has 86 valence electrons. The molecule has 0 spiro atoms. The highest BCUT2D eigenvalue weighted by Gasteiger charge is 2.18. The van der Waals surface area contributed by atoms with E-state index in [9.17, 15) is 0 Å². The molecule has 1 N–H and O–H groups in total. The number of nitrogens with one attached hydrogen (secondary N) is 1. The van der Waals surface area contributed by atoms with Crippen molar-refractivity contribution in [2.45, 2.75) is 19.4 Å². The molecule has 0 fully saturated rings. The first-order valence-electron chi connectivity index (χ1n) is 5.09. The highest BCUT2D eigenvalue weighted by atomic mass is 79.9. The second-order valence-electron chi connectivity index (χ2n) is 3.71. The summed E-state index contributed by atoms with van der Waals surface area (Å²) in [6.07, 6.45) is 1.08. The molecule has 0 radical (unpaired) electrons. The smallest absolute Gasteiger partial charge is 0.0701 e. The van der Waals surface area contributed by atoms with Crippen molar-refractivity contribution >= 4 is 27.3 Å². The standard InChI is InChI=1S/C11H18BrNOS/c1-8(4-5-14-3)11(13-2)9-6-10(12)15-7-9/h6-8,11,13H,4-5H2,1-3H3. The van der Waals surface area contributed by atoms with Gasteiger partial charge in [0, 0.05) is 19.8 Å². The summed E-state index contributed by atoms with van der Waals surface area (Å²) < 4.78 is 6.31. The van der Waals surface area contributed by atoms with Crippen molar-refractivity contribution in [3.05, 3.63) is 20.8 Å². The molecule has 1 aromatic rings. The summed E-state index contributed by atoms with van der Waals surface area (Å²) >= 11 is 5.23. The van der Waals surface area contributed by atoms with Crippen LogP contribution in [0.5, 0.6) is 0 Å². The monoisotopic (exact) mass is 291 g/mol. The molecule has 2 nitrogen and oxygen atoms in total. The second kappa shape index (κ2) is 6.63. The molecular weight excluding hydrogens is 274 g/mol. The van der Waals surface area contributed by atoms with Crippen molar-refractivity contribution in [2.75, 3.05) is 20.8 Å². The van der Waals surface area contributed by atoms with E-state index in [1.807, 2.05) is 7.05 Å². The fourth-order valence-electron chi connectivity index (χ4n) is 1.74. The van der Waals surface area contributed by atoms with Gasteiger partial charge in [-0.25, -0.2) is 0 Å². The van der Waals surface area contributed by atoms with Gasteiger partial charge in [0.1, 0.15) is 0 Å². The minimum absolute atomic E-state index is 0.419. The summed E-state index contributed by atoms with van der Waals surface area (Å²) in [5.74, 6) is 0.580. The molecule has 4 heteroatoms. The van der Waals surface area contributed by atoms with Crippen molar-refractivity contribution in [3.63, 3.8) is 0 Å². The first-order chi connectivity index (χ1) is 7.19. The molecule has 0 saturated heterocycles. The summed E-state index contributed by atoms with van der Waals surface area (Å²) in [4.78, 5) is 0. The molecule has 15 heavy (non-hydrogen) atoms. The molecule has 1 aromatic heterocycles. The summed E-state index contributed by atoms with van der Waals surface area (Å²) in [6, 6.07) is 2.61. The molecule has 0 bridgehead atoms. The Bertz CT molecular complexity index is 290. The van der Waals surface area contributed by atoms with E-state index in [0.29, 0.717) is 12.0 Å². The normalized spacial score (nSPS) is 15.2. The number of halogens is 1. The molecule has 1 rings (SSSR count). The average Bonchev–Trinajstić information content (AvgIpc) is 2.63. The lowest BCUT2D eigenvalue weighted by Crippen LogP contribution is -2.23. The Morgan fingerprint density at radius 3 is 2.80 bits per heavy atom. The molecule has 0 amide bonds. The van der Waals surface area contributed by atoms with Gasteiger partial charge < -0.3 is 10.1 Å². The Hall–Kier alpha value is 0.1000. The molecule has 0 saturated carbocycles. The molecule has 0 aliphatic heterocycles. The van der Waals surface area contributed by atoms with Gasteiger partial charge in [-0.2, -0.15) is 0 Å². The molecule has 2 atom stereocenters. The molecular formula is C11H18BrNOS. The predicted molar refractivity (Wildman–Crippen MR) is 69.5 cm³/mol. The van der Waals surface area contributed by atoms with Crippen molar-refractivity contribution in [1.82, 2.24) is 5.32 Å². The van der Waals surface area contributed by atoms with Gasteiger partial charge in [-0.05, 0) is 52.3 Å². The summed E-state index contributed by atoms with van der Waals surface area (Å²) in [6.45, 7) is 3.08. The van der Waals surface area contributed by atoms with E-state index in [1.165, 1.54) is 9.35 Å². The van der Waals surface area contributed by atoms with Gasteiger partial charge in [0.05, 0.1) is 3.79 Å². The Morgan fingerprint density at radius 1 is 1.60 bits per heavy atom. The van der Waals surface area contributed by atoms with Crippen LogP contribution in [0.1, 0.15) is 24.9 Å². The van der Waals surface area contributed by atoms with Crippen LogP contribution in [0.4, 0.5) is 0 Å². The minimum atomic E-state index is 0.419. The van der Waals surface area contributed by atoms with E-state index in [4.69, 9.17) is 4.74 Å². The van der Waals surface area contributed by atoms with E-state index in [2.05, 4.69) is 39.6 Å². The molecule has 0 aliphatic carbocycles. The minimum Gasteiger partial charge on any atom is -0.385 e. The third kappa shape index (κ3) is 3.87. The van der Waals surface area contributed by atoms with Gasteiger partial charge in [0.15, 0.2) is 0 Å². The van der Waals surface area contributed by atoms with E-state index < -0.39 is 0 Å². The van der Waals surface area contributed by atoms with Crippen LogP contribution in [-0.4, -0.2) is 20.8 Å². The first kappa shape index (κ1) is 13.2. The van der Waals surface area contributed by atoms with Crippen LogP contribution in [0.3, 0.4) is 0 Å². The van der Waals surface area contributed by atoms with Crippen LogP contribution < -0.4 is 5.32 Å². The third-order valence-electron chi connectivity index (χ3n) is 2.60. The highest BCUT2D eigenvalue weighted by molar-refractivity contribution is 9.11. The van der Waals surface area contributed by atoms with Gasteiger partial charge in [-0.1, -0.05) is 6.92 Å². The number of ether oxygens (including phenoxy) is 1. The van der Waals surface area contributed by atoms with Crippen LogP contribution in [0.2, 0.25) is 0 Å². The van der Waals surface area contributed by atoms with Crippen LogP contribution in [0.25, 0.3) is 0 Å². The molecule has 1 heterocycles. The fraction of sp³-hybridized carbons (Fsp3) is 0.636. The Kier molecular flexibility index (Phi) is 5.82. The van der Waals surface area contributed by atoms with Gasteiger partial charge in [0.2, 0.25) is 0 Å². The van der Waals surface area contributed by atoms with Gasteiger partial charge >= 0.3 is 0 Å². The van der Waals surface area contributed by atoms with Crippen LogP contribution in [0, 0.1) is 5.92 Å². The van der Waals surface area contributed by atoms with Crippen LogP contribution in [-0.2, 0) is 4.74 Å². The van der Waals surface area contributed by atoms with Gasteiger partial charge in [-0.15, -0.1) is 11.3 Å². The zero-order valence-electron chi connectivity index (χ0n) is 9.42. The van der Waals surface area contributed by atoms with E-state index in [0.717, 1.165) is 13.0 Å². The first-order valence-corrected chi connectivity index (χ1v) is 6.76. The number of hydrogen-bond acceptors (Lipinski definition) is 3. The topological polar surface area (TPSA) is 21.3 Å². The Balaban J connectivity index is 2.62. The van der Waals surface area contributed by atoms with Crippen LogP contribution >= 0.6 is 27.3 Å². The van der Waals surface area contributed by atoms with E-state index >= 15 is 0 Å². The summed E-state index contributed by atoms with van der Waals surface area (Å²) in [5.41, 5.74) is 1.36. The largest absolute Gasteiger partial charge is 0.385 e. The lowest BCUT2D eigenvalue weighted by Gasteiger charge is -2.22. The van der Waals surface area contributed by atoms with Gasteiger partial charge in [0.25, 0.3) is 0 Å². The zero-order chi connectivity index (χ0) is 11.3. The van der Waals surface area contributed by atoms with Crippen molar-refractivity contribution < 1.29 is 4.74 Å². The van der Waals surface area contributed by atoms with Crippen LogP contribution in [0.15, 0.2) is 15.2 Å². The lowest BCUT2D eigenvalue weighted by atomic mass is 9.94. The Morgan fingerprint density at radius 2 is 2.33 bits per heavy atom. The van der Waals surface area contributed by atoms with Gasteiger partial charge in [-0.3, -0.25) is 0 Å². The average molecular weight is 292 g/mol. The Labute approximate surface area is 104 Å².